The van der Waals surface area contributed by atoms with Crippen molar-refractivity contribution in [3.63, 3.8) is 0 Å². The van der Waals surface area contributed by atoms with Crippen LogP contribution in [0.3, 0.4) is 0 Å². The normalized spacial score (nSPS) is 24.1. The molecule has 0 aromatic heterocycles. The third-order valence-corrected chi connectivity index (χ3v) is 9.86. The molecule has 0 radical (unpaired) electrons. The van der Waals surface area contributed by atoms with Gasteiger partial charge in [-0.15, -0.1) is 0 Å². The molecule has 0 spiro atoms. The van der Waals surface area contributed by atoms with Gasteiger partial charge in [0.1, 0.15) is 5.82 Å². The standard InChI is InChI=1S/C34H40BrFN2O/c1-23(2)25-11-15-30-26(19-25)12-16-31-33(3,17-6-18-34(30,31)4)22-38(21-24-9-13-28(36)14-10-24)32(39)37-29-8-5-7-27(35)20-29/h5,7-11,13-15,19-20,23,31H,6,12,16-18,21-22H2,1-4H3,(H,37,39). The van der Waals surface area contributed by atoms with E-state index in [1.54, 1.807) is 12.1 Å². The summed E-state index contributed by atoms with van der Waals surface area (Å²) in [5, 5.41) is 3.12. The number of hydrogen-bond donors (Lipinski definition) is 1. The summed E-state index contributed by atoms with van der Waals surface area (Å²) in [4.78, 5) is 15.7. The molecule has 2 aliphatic rings. The number of nitrogens with zero attached hydrogens (tertiary/aromatic N) is 1. The Hall–Kier alpha value is -2.66. The van der Waals surface area contributed by atoms with Crippen molar-refractivity contribution in [3.8, 4) is 0 Å². The van der Waals surface area contributed by atoms with Crippen molar-refractivity contribution in [2.24, 2.45) is 11.3 Å². The number of carbonyl (C=O) groups excluding carboxylic acids is 1. The minimum absolute atomic E-state index is 0.0317. The van der Waals surface area contributed by atoms with Gasteiger partial charge < -0.3 is 10.2 Å². The highest BCUT2D eigenvalue weighted by Gasteiger charge is 2.52. The van der Waals surface area contributed by atoms with Crippen molar-refractivity contribution in [2.75, 3.05) is 11.9 Å². The number of fused-ring (bicyclic) bond motifs is 3. The number of amides is 2. The first-order valence-electron chi connectivity index (χ1n) is 14.3. The molecule has 0 aliphatic heterocycles. The van der Waals surface area contributed by atoms with Gasteiger partial charge in [0.2, 0.25) is 0 Å². The topological polar surface area (TPSA) is 32.3 Å². The van der Waals surface area contributed by atoms with E-state index in [1.807, 2.05) is 29.2 Å². The average Bonchev–Trinajstić information content (AvgIpc) is 2.89. The van der Waals surface area contributed by atoms with Crippen molar-refractivity contribution >= 4 is 27.6 Å². The highest BCUT2D eigenvalue weighted by molar-refractivity contribution is 9.10. The number of benzene rings is 3. The Bertz CT molecular complexity index is 1340. The Balaban J connectivity index is 1.45. The zero-order valence-electron chi connectivity index (χ0n) is 23.6. The number of halogens is 2. The molecule has 2 aliphatic carbocycles. The fraction of sp³-hybridized carbons (Fsp3) is 0.441. The Morgan fingerprint density at radius 3 is 2.56 bits per heavy atom. The predicted molar refractivity (Wildman–Crippen MR) is 162 cm³/mol. The second kappa shape index (κ2) is 11.1. The minimum atomic E-state index is -0.264. The maximum atomic E-state index is 13.8. The van der Waals surface area contributed by atoms with Crippen LogP contribution in [0.4, 0.5) is 14.9 Å². The molecule has 3 unspecified atom stereocenters. The van der Waals surface area contributed by atoms with Gasteiger partial charge in [-0.05, 0) is 101 Å². The number of nitrogens with one attached hydrogen (secondary N) is 1. The molecule has 5 rings (SSSR count). The lowest BCUT2D eigenvalue weighted by Crippen LogP contribution is -2.54. The summed E-state index contributed by atoms with van der Waals surface area (Å²) < 4.78 is 14.6. The fourth-order valence-electron chi connectivity index (χ4n) is 7.41. The zero-order valence-corrected chi connectivity index (χ0v) is 25.2. The Kier molecular flexibility index (Phi) is 7.92. The van der Waals surface area contributed by atoms with E-state index in [0.717, 1.165) is 41.4 Å². The molecule has 5 heteroatoms. The van der Waals surface area contributed by atoms with Crippen LogP contribution >= 0.6 is 15.9 Å². The number of hydrogen-bond acceptors (Lipinski definition) is 1. The molecule has 3 aromatic rings. The summed E-state index contributed by atoms with van der Waals surface area (Å²) in [7, 11) is 0. The largest absolute Gasteiger partial charge is 0.322 e. The van der Waals surface area contributed by atoms with Crippen LogP contribution in [-0.2, 0) is 18.4 Å². The number of urea groups is 1. The van der Waals surface area contributed by atoms with Crippen molar-refractivity contribution in [3.05, 3.63) is 99.3 Å². The van der Waals surface area contributed by atoms with E-state index in [2.05, 4.69) is 67.1 Å². The van der Waals surface area contributed by atoms with E-state index in [0.29, 0.717) is 24.9 Å². The molecule has 0 heterocycles. The van der Waals surface area contributed by atoms with Crippen LogP contribution in [0, 0.1) is 17.2 Å². The lowest BCUT2D eigenvalue weighted by Gasteiger charge is -2.56. The summed E-state index contributed by atoms with van der Waals surface area (Å²) >= 11 is 3.51. The van der Waals surface area contributed by atoms with Crippen LogP contribution < -0.4 is 5.32 Å². The van der Waals surface area contributed by atoms with E-state index in [1.165, 1.54) is 35.2 Å². The van der Waals surface area contributed by atoms with E-state index >= 15 is 0 Å². The molecule has 0 bridgehead atoms. The zero-order chi connectivity index (χ0) is 27.8. The quantitative estimate of drug-likeness (QED) is 0.304. The number of aryl methyl sites for hydroxylation is 1. The van der Waals surface area contributed by atoms with Crippen LogP contribution in [-0.4, -0.2) is 17.5 Å². The van der Waals surface area contributed by atoms with Crippen LogP contribution in [0.2, 0.25) is 0 Å². The van der Waals surface area contributed by atoms with Gasteiger partial charge in [0, 0.05) is 23.2 Å². The van der Waals surface area contributed by atoms with Crippen molar-refractivity contribution in [1.29, 1.82) is 0 Å². The first-order valence-corrected chi connectivity index (χ1v) is 15.1. The van der Waals surface area contributed by atoms with Crippen LogP contribution in [0.25, 0.3) is 0 Å². The van der Waals surface area contributed by atoms with Gasteiger partial charge in [0.25, 0.3) is 0 Å². The summed E-state index contributed by atoms with van der Waals surface area (Å²) in [6, 6.07) is 21.3. The van der Waals surface area contributed by atoms with Crippen LogP contribution in [0.15, 0.2) is 71.2 Å². The molecule has 2 amide bonds. The van der Waals surface area contributed by atoms with Gasteiger partial charge in [-0.1, -0.05) is 86.4 Å². The van der Waals surface area contributed by atoms with Crippen molar-refractivity contribution in [2.45, 2.75) is 77.7 Å². The second-order valence-corrected chi connectivity index (χ2v) is 13.4. The van der Waals surface area contributed by atoms with Gasteiger partial charge in [-0.25, -0.2) is 9.18 Å². The molecular formula is C34H40BrFN2O. The molecule has 39 heavy (non-hydrogen) atoms. The van der Waals surface area contributed by atoms with Crippen LogP contribution in [0.1, 0.15) is 81.5 Å². The summed E-state index contributed by atoms with van der Waals surface area (Å²) in [5.41, 5.74) is 6.19. The van der Waals surface area contributed by atoms with Gasteiger partial charge in [-0.3, -0.25) is 0 Å². The van der Waals surface area contributed by atoms with E-state index in [9.17, 15) is 9.18 Å². The van der Waals surface area contributed by atoms with Crippen molar-refractivity contribution < 1.29 is 9.18 Å². The van der Waals surface area contributed by atoms with Crippen molar-refractivity contribution in [1.82, 2.24) is 4.90 Å². The summed E-state index contributed by atoms with van der Waals surface area (Å²) in [6.45, 7) is 10.5. The SMILES string of the molecule is CC(C)c1ccc2c(c1)CCC1C(C)(CN(Cc3ccc(F)cc3)C(=O)Nc3cccc(Br)c3)CCCC21C. The molecule has 1 N–H and O–H groups in total. The first-order chi connectivity index (χ1) is 18.6. The fourth-order valence-corrected chi connectivity index (χ4v) is 7.81. The molecule has 3 atom stereocenters. The Morgan fingerprint density at radius 1 is 1.08 bits per heavy atom. The van der Waals surface area contributed by atoms with E-state index < -0.39 is 0 Å². The molecule has 1 fully saturated rings. The number of carbonyl (C=O) groups is 1. The molecule has 3 aromatic carbocycles. The lowest BCUT2D eigenvalue weighted by molar-refractivity contribution is 0.00467. The lowest BCUT2D eigenvalue weighted by atomic mass is 9.49. The molecule has 0 saturated heterocycles. The third-order valence-electron chi connectivity index (χ3n) is 9.37. The second-order valence-electron chi connectivity index (χ2n) is 12.5. The molecule has 1 saturated carbocycles. The highest BCUT2D eigenvalue weighted by atomic mass is 79.9. The smallest absolute Gasteiger partial charge is 0.320 e. The Morgan fingerprint density at radius 2 is 1.85 bits per heavy atom. The van der Waals surface area contributed by atoms with Gasteiger partial charge >= 0.3 is 6.03 Å². The highest BCUT2D eigenvalue weighted by Crippen LogP contribution is 2.57. The summed E-state index contributed by atoms with van der Waals surface area (Å²) in [6.07, 6.45) is 5.65. The van der Waals surface area contributed by atoms with Gasteiger partial charge in [0.05, 0.1) is 0 Å². The van der Waals surface area contributed by atoms with Gasteiger partial charge in [-0.2, -0.15) is 0 Å². The van der Waals surface area contributed by atoms with E-state index in [4.69, 9.17) is 0 Å². The average molecular weight is 592 g/mol. The monoisotopic (exact) mass is 590 g/mol. The summed E-state index contributed by atoms with van der Waals surface area (Å²) in [5.74, 6) is 0.743. The molecule has 3 nitrogen and oxygen atoms in total. The maximum absolute atomic E-state index is 13.8. The number of anilines is 1. The third kappa shape index (κ3) is 5.79. The molecule has 206 valence electrons. The Labute approximate surface area is 241 Å². The van der Waals surface area contributed by atoms with E-state index in [-0.39, 0.29) is 22.7 Å². The first kappa shape index (κ1) is 27.9. The predicted octanol–water partition coefficient (Wildman–Crippen LogP) is 9.46. The number of rotatable bonds is 6. The van der Waals surface area contributed by atoms with Crippen LogP contribution in [0.5, 0.6) is 0 Å². The minimum Gasteiger partial charge on any atom is -0.320 e. The maximum Gasteiger partial charge on any atom is 0.322 e. The molecular weight excluding hydrogens is 551 g/mol. The van der Waals surface area contributed by atoms with Gasteiger partial charge in [0.15, 0.2) is 0 Å².